The lowest BCUT2D eigenvalue weighted by Gasteiger charge is -2.36. The van der Waals surface area contributed by atoms with E-state index >= 15 is 0 Å². The molecule has 0 bridgehead atoms. The molecule has 152 valence electrons. The van der Waals surface area contributed by atoms with Crippen LogP contribution in [0.1, 0.15) is 12.1 Å². The number of nitrogens with one attached hydrogen (secondary N) is 1. The zero-order valence-corrected chi connectivity index (χ0v) is 17.5. The van der Waals surface area contributed by atoms with Crippen LogP contribution in [-0.4, -0.2) is 73.7 Å². The minimum atomic E-state index is 0.852. The number of anilines is 1. The first-order valence-electron chi connectivity index (χ1n) is 10.2. The predicted molar refractivity (Wildman–Crippen MR) is 118 cm³/mol. The highest BCUT2D eigenvalue weighted by molar-refractivity contribution is 5.79. The molecule has 0 amide bonds. The van der Waals surface area contributed by atoms with Crippen LogP contribution in [0.25, 0.3) is 0 Å². The van der Waals surface area contributed by atoms with Crippen molar-refractivity contribution in [2.45, 2.75) is 13.0 Å². The van der Waals surface area contributed by atoms with Crippen LogP contribution in [-0.2, 0) is 13.6 Å². The Morgan fingerprint density at radius 2 is 1.82 bits per heavy atom. The third kappa shape index (κ3) is 5.52. The Bertz CT molecular complexity index is 730. The summed E-state index contributed by atoms with van der Waals surface area (Å²) in [4.78, 5) is 11.7. The number of piperazine rings is 1. The average molecular weight is 383 g/mol. The van der Waals surface area contributed by atoms with Gasteiger partial charge in [0, 0.05) is 71.4 Å². The monoisotopic (exact) mass is 382 g/mol. The summed E-state index contributed by atoms with van der Waals surface area (Å²) in [5.74, 6) is 0.954. The fourth-order valence-electron chi connectivity index (χ4n) is 3.73. The van der Waals surface area contributed by atoms with Gasteiger partial charge in [-0.15, -0.1) is 0 Å². The number of para-hydroxylation sites is 1. The average Bonchev–Trinajstić information content (AvgIpc) is 3.13. The van der Waals surface area contributed by atoms with Gasteiger partial charge in [0.2, 0.25) is 0 Å². The van der Waals surface area contributed by atoms with Crippen molar-refractivity contribution in [2.75, 3.05) is 58.3 Å². The van der Waals surface area contributed by atoms with Gasteiger partial charge in [-0.3, -0.25) is 9.89 Å². The third-order valence-electron chi connectivity index (χ3n) is 5.45. The van der Waals surface area contributed by atoms with Gasteiger partial charge in [-0.1, -0.05) is 18.2 Å². The molecule has 0 saturated carbocycles. The molecule has 1 aliphatic rings. The van der Waals surface area contributed by atoms with Gasteiger partial charge in [-0.2, -0.15) is 0 Å². The molecule has 0 spiro atoms. The van der Waals surface area contributed by atoms with Crippen LogP contribution in [0.3, 0.4) is 0 Å². The predicted octanol–water partition coefficient (Wildman–Crippen LogP) is 2.24. The Hall–Kier alpha value is -2.47. The number of nitrogens with zero attached hydrogens (tertiary/aromatic N) is 5. The summed E-state index contributed by atoms with van der Waals surface area (Å²) in [6, 6.07) is 15.0. The Kier molecular flexibility index (Phi) is 7.37. The van der Waals surface area contributed by atoms with Gasteiger partial charge in [-0.05, 0) is 37.2 Å². The summed E-state index contributed by atoms with van der Waals surface area (Å²) < 4.78 is 2.15. The first kappa shape index (κ1) is 20.3. The van der Waals surface area contributed by atoms with Crippen molar-refractivity contribution < 1.29 is 0 Å². The first-order valence-corrected chi connectivity index (χ1v) is 10.2. The molecule has 6 heteroatoms. The minimum Gasteiger partial charge on any atom is -0.369 e. The molecule has 1 aromatic heterocycles. The Morgan fingerprint density at radius 3 is 2.46 bits per heavy atom. The molecule has 1 fully saturated rings. The number of benzene rings is 1. The lowest BCUT2D eigenvalue weighted by molar-refractivity contribution is 0.255. The molecule has 2 aromatic rings. The molecular weight excluding hydrogens is 348 g/mol. The molecule has 3 rings (SSSR count). The third-order valence-corrected chi connectivity index (χ3v) is 5.45. The molecule has 1 N–H and O–H groups in total. The maximum atomic E-state index is 4.43. The minimum absolute atomic E-state index is 0.852. The second kappa shape index (κ2) is 10.2. The van der Waals surface area contributed by atoms with Gasteiger partial charge in [-0.25, -0.2) is 0 Å². The molecule has 0 radical (unpaired) electrons. The van der Waals surface area contributed by atoms with Gasteiger partial charge in [0.15, 0.2) is 5.96 Å². The van der Waals surface area contributed by atoms with Crippen LogP contribution in [0.4, 0.5) is 5.69 Å². The molecule has 2 heterocycles. The number of aliphatic imine (C=N–C) groups is 1. The molecule has 1 aliphatic heterocycles. The van der Waals surface area contributed by atoms with Crippen molar-refractivity contribution in [3.8, 4) is 0 Å². The largest absolute Gasteiger partial charge is 0.369 e. The molecule has 1 saturated heterocycles. The highest BCUT2D eigenvalue weighted by Gasteiger charge is 2.16. The van der Waals surface area contributed by atoms with Crippen molar-refractivity contribution in [2.24, 2.45) is 12.0 Å². The number of hydrogen-bond acceptors (Lipinski definition) is 3. The lowest BCUT2D eigenvalue weighted by Crippen LogP contribution is -2.47. The van der Waals surface area contributed by atoms with E-state index in [1.54, 1.807) is 0 Å². The number of aryl methyl sites for hydroxylation is 1. The number of guanidine groups is 1. The molecule has 28 heavy (non-hydrogen) atoms. The zero-order valence-electron chi connectivity index (χ0n) is 17.5. The van der Waals surface area contributed by atoms with E-state index in [1.165, 1.54) is 11.4 Å². The van der Waals surface area contributed by atoms with Crippen molar-refractivity contribution in [3.63, 3.8) is 0 Å². The fraction of sp³-hybridized carbons (Fsp3) is 0.500. The van der Waals surface area contributed by atoms with E-state index in [9.17, 15) is 0 Å². The van der Waals surface area contributed by atoms with Crippen LogP contribution in [0.5, 0.6) is 0 Å². The van der Waals surface area contributed by atoms with E-state index in [0.717, 1.165) is 58.2 Å². The summed E-state index contributed by atoms with van der Waals surface area (Å²) in [6.45, 7) is 7.42. The molecule has 1 aromatic carbocycles. The van der Waals surface area contributed by atoms with E-state index in [2.05, 4.69) is 92.3 Å². The van der Waals surface area contributed by atoms with Gasteiger partial charge in [0.1, 0.15) is 0 Å². The topological polar surface area (TPSA) is 39.0 Å². The van der Waals surface area contributed by atoms with Crippen molar-refractivity contribution >= 4 is 11.6 Å². The molecule has 0 unspecified atom stereocenters. The number of aromatic nitrogens is 1. The fourth-order valence-corrected chi connectivity index (χ4v) is 3.73. The van der Waals surface area contributed by atoms with Gasteiger partial charge in [0.05, 0.1) is 6.54 Å². The van der Waals surface area contributed by atoms with E-state index in [-0.39, 0.29) is 0 Å². The summed E-state index contributed by atoms with van der Waals surface area (Å²) in [5.41, 5.74) is 2.62. The van der Waals surface area contributed by atoms with Crippen LogP contribution in [0.15, 0.2) is 53.7 Å². The summed E-state index contributed by atoms with van der Waals surface area (Å²) in [7, 11) is 6.02. The quantitative estimate of drug-likeness (QED) is 0.453. The second-order valence-electron chi connectivity index (χ2n) is 7.46. The van der Waals surface area contributed by atoms with E-state index in [0.29, 0.717) is 0 Å². The second-order valence-corrected chi connectivity index (χ2v) is 7.46. The maximum Gasteiger partial charge on any atom is 0.193 e. The summed E-state index contributed by atoms with van der Waals surface area (Å²) in [6.07, 6.45) is 3.21. The highest BCUT2D eigenvalue weighted by Crippen LogP contribution is 2.15. The Morgan fingerprint density at radius 1 is 1.07 bits per heavy atom. The van der Waals surface area contributed by atoms with E-state index < -0.39 is 0 Å². The molecule has 6 nitrogen and oxygen atoms in total. The van der Waals surface area contributed by atoms with Crippen LogP contribution in [0.2, 0.25) is 0 Å². The van der Waals surface area contributed by atoms with E-state index in [4.69, 9.17) is 0 Å². The smallest absolute Gasteiger partial charge is 0.193 e. The summed E-state index contributed by atoms with van der Waals surface area (Å²) in [5, 5.41) is 3.50. The molecule has 0 atom stereocenters. The van der Waals surface area contributed by atoms with Crippen LogP contribution < -0.4 is 10.2 Å². The van der Waals surface area contributed by atoms with Crippen LogP contribution >= 0.6 is 0 Å². The van der Waals surface area contributed by atoms with Gasteiger partial charge in [0.25, 0.3) is 0 Å². The Balaban J connectivity index is 1.34. The summed E-state index contributed by atoms with van der Waals surface area (Å²) >= 11 is 0. The lowest BCUT2D eigenvalue weighted by atomic mass is 10.2. The zero-order chi connectivity index (χ0) is 19.8. The standard InChI is InChI=1S/C22H34N6/c1-23-22(26(3)19-21-11-7-13-25(21)2)24-12-8-14-27-15-17-28(18-16-27)20-9-5-4-6-10-20/h4-7,9-11,13H,8,12,14-19H2,1-3H3,(H,23,24). The van der Waals surface area contributed by atoms with Gasteiger partial charge >= 0.3 is 0 Å². The normalized spacial score (nSPS) is 15.7. The first-order chi connectivity index (χ1) is 13.7. The van der Waals surface area contributed by atoms with Crippen molar-refractivity contribution in [3.05, 3.63) is 54.4 Å². The Labute approximate surface area is 169 Å². The number of hydrogen-bond donors (Lipinski definition) is 1. The molecule has 0 aliphatic carbocycles. The molecular formula is C22H34N6. The van der Waals surface area contributed by atoms with E-state index in [1.807, 2.05) is 7.05 Å². The SMILES string of the molecule is CN=C(NCCCN1CCN(c2ccccc2)CC1)N(C)Cc1cccn1C. The van der Waals surface area contributed by atoms with Gasteiger partial charge < -0.3 is 19.7 Å². The van der Waals surface area contributed by atoms with Crippen LogP contribution in [0, 0.1) is 0 Å². The van der Waals surface area contributed by atoms with Crippen molar-refractivity contribution in [1.82, 2.24) is 19.7 Å². The van der Waals surface area contributed by atoms with Crippen molar-refractivity contribution in [1.29, 1.82) is 0 Å². The highest BCUT2D eigenvalue weighted by atomic mass is 15.3. The number of rotatable bonds is 7. The maximum absolute atomic E-state index is 4.43.